The van der Waals surface area contributed by atoms with Gasteiger partial charge >= 0.3 is 6.09 Å². The lowest BCUT2D eigenvalue weighted by atomic mass is 10.3. The second-order valence-electron chi connectivity index (χ2n) is 2.53. The number of hydrogen-bond acceptors (Lipinski definition) is 3. The highest BCUT2D eigenvalue weighted by Gasteiger charge is 2.19. The smallest absolute Gasteiger partial charge is 0.423 e. The normalized spacial score (nSPS) is 14.8. The van der Waals surface area contributed by atoms with Gasteiger partial charge in [-0.25, -0.2) is 13.3 Å². The summed E-state index contributed by atoms with van der Waals surface area (Å²) in [4.78, 5) is 11.1. The minimum atomic E-state index is -2.29. The van der Waals surface area contributed by atoms with Crippen LogP contribution in [-0.4, -0.2) is 31.8 Å². The van der Waals surface area contributed by atoms with Gasteiger partial charge in [-0.2, -0.15) is 0 Å². The van der Waals surface area contributed by atoms with Crippen LogP contribution in [0.4, 0.5) is 4.79 Å². The van der Waals surface area contributed by atoms with E-state index in [9.17, 15) is 9.00 Å². The van der Waals surface area contributed by atoms with E-state index in [1.807, 2.05) is 6.92 Å². The number of rotatable bonds is 4. The molecule has 1 amide bonds. The van der Waals surface area contributed by atoms with Gasteiger partial charge in [0.1, 0.15) is 6.10 Å². The topological polar surface area (TPSA) is 66.8 Å². The minimum absolute atomic E-state index is 0.151. The predicted molar refractivity (Wildman–Crippen MR) is 49.4 cm³/mol. The molecule has 6 heteroatoms. The molecule has 0 spiro atoms. The maximum absolute atomic E-state index is 11.1. The van der Waals surface area contributed by atoms with Gasteiger partial charge in [0.15, 0.2) is 0 Å². The lowest BCUT2D eigenvalue weighted by Gasteiger charge is -2.18. The van der Waals surface area contributed by atoms with Crippen molar-refractivity contribution in [3.05, 3.63) is 0 Å². The average molecular weight is 209 g/mol. The molecule has 0 fully saturated rings. The van der Waals surface area contributed by atoms with Crippen molar-refractivity contribution < 1.29 is 18.3 Å². The first-order valence-electron chi connectivity index (χ1n) is 4.12. The van der Waals surface area contributed by atoms with Crippen LogP contribution >= 0.6 is 0 Å². The molecule has 0 aromatic rings. The molecule has 5 nitrogen and oxygen atoms in total. The average Bonchev–Trinajstić information content (AvgIpc) is 2.04. The highest BCUT2D eigenvalue weighted by atomic mass is 32.2. The Kier molecular flexibility index (Phi) is 5.65. The molecular weight excluding hydrogens is 194 g/mol. The zero-order valence-corrected chi connectivity index (χ0v) is 8.84. The third-order valence-corrected chi connectivity index (χ3v) is 2.34. The zero-order chi connectivity index (χ0) is 10.4. The highest BCUT2D eigenvalue weighted by molar-refractivity contribution is 7.77. The van der Waals surface area contributed by atoms with E-state index in [-0.39, 0.29) is 12.6 Å². The first kappa shape index (κ1) is 12.4. The summed E-state index contributed by atoms with van der Waals surface area (Å²) in [6, 6.07) is 0. The second-order valence-corrected chi connectivity index (χ2v) is 3.43. The van der Waals surface area contributed by atoms with Crippen LogP contribution < -0.4 is 0 Å². The Labute approximate surface area is 80.5 Å². The van der Waals surface area contributed by atoms with Crippen LogP contribution in [0.15, 0.2) is 0 Å². The Morgan fingerprint density at radius 2 is 2.15 bits per heavy atom. The van der Waals surface area contributed by atoms with Gasteiger partial charge in [-0.3, -0.25) is 4.55 Å². The fourth-order valence-corrected chi connectivity index (χ4v) is 1.01. The van der Waals surface area contributed by atoms with Crippen LogP contribution in [0.5, 0.6) is 0 Å². The number of nitrogens with zero attached hydrogens (tertiary/aromatic N) is 1. The molecule has 0 aliphatic rings. The van der Waals surface area contributed by atoms with E-state index in [2.05, 4.69) is 0 Å². The first-order chi connectivity index (χ1) is 6.02. The Morgan fingerprint density at radius 1 is 1.62 bits per heavy atom. The number of carbonyl (C=O) groups is 1. The van der Waals surface area contributed by atoms with Crippen molar-refractivity contribution in [2.75, 3.05) is 6.54 Å². The Bertz CT molecular complexity index is 197. The lowest BCUT2D eigenvalue weighted by molar-refractivity contribution is 0.0878. The van der Waals surface area contributed by atoms with Gasteiger partial charge in [-0.05, 0) is 20.3 Å². The standard InChI is InChI=1S/C7H15NO4S/c1-4-6(3)12-7(9)8(5-2)13(10)11/h6H,4-5H2,1-3H3,(H,10,11). The molecular formula is C7H15NO4S. The summed E-state index contributed by atoms with van der Waals surface area (Å²) in [7, 11) is 0. The van der Waals surface area contributed by atoms with E-state index in [1.165, 1.54) is 0 Å². The van der Waals surface area contributed by atoms with Crippen LogP contribution in [0.2, 0.25) is 0 Å². The first-order valence-corrected chi connectivity index (χ1v) is 5.18. The molecule has 0 aliphatic carbocycles. The summed E-state index contributed by atoms with van der Waals surface area (Å²) in [6.07, 6.45) is -0.302. The molecule has 2 unspecified atom stereocenters. The summed E-state index contributed by atoms with van der Waals surface area (Å²) in [5, 5.41) is 0. The van der Waals surface area contributed by atoms with Gasteiger partial charge in [-0.15, -0.1) is 0 Å². The summed E-state index contributed by atoms with van der Waals surface area (Å²) >= 11 is -2.29. The summed E-state index contributed by atoms with van der Waals surface area (Å²) in [5.41, 5.74) is 0. The van der Waals surface area contributed by atoms with Gasteiger partial charge in [0.2, 0.25) is 0 Å². The Hall–Kier alpha value is -0.620. The third kappa shape index (κ3) is 4.23. The maximum atomic E-state index is 11.1. The SMILES string of the molecule is CCC(C)OC(=O)N(CC)S(=O)O. The molecule has 78 valence electrons. The van der Waals surface area contributed by atoms with Crippen LogP contribution in [0.3, 0.4) is 0 Å². The molecule has 0 bridgehead atoms. The Morgan fingerprint density at radius 3 is 2.46 bits per heavy atom. The number of ether oxygens (including phenoxy) is 1. The van der Waals surface area contributed by atoms with E-state index in [0.717, 1.165) is 4.31 Å². The van der Waals surface area contributed by atoms with Gasteiger partial charge in [-0.1, -0.05) is 6.92 Å². The van der Waals surface area contributed by atoms with Crippen molar-refractivity contribution in [1.29, 1.82) is 0 Å². The van der Waals surface area contributed by atoms with Gasteiger partial charge in [0.05, 0.1) is 0 Å². The van der Waals surface area contributed by atoms with E-state index in [0.29, 0.717) is 6.42 Å². The summed E-state index contributed by atoms with van der Waals surface area (Å²) < 4.78 is 24.8. The monoisotopic (exact) mass is 209 g/mol. The van der Waals surface area contributed by atoms with E-state index in [4.69, 9.17) is 9.29 Å². The van der Waals surface area contributed by atoms with Gasteiger partial charge in [0.25, 0.3) is 11.3 Å². The molecule has 13 heavy (non-hydrogen) atoms. The molecule has 0 radical (unpaired) electrons. The van der Waals surface area contributed by atoms with Crippen LogP contribution in [0, 0.1) is 0 Å². The lowest BCUT2D eigenvalue weighted by Crippen LogP contribution is -2.34. The van der Waals surface area contributed by atoms with Gasteiger partial charge < -0.3 is 4.74 Å². The predicted octanol–water partition coefficient (Wildman–Crippen LogP) is 1.38. The highest BCUT2D eigenvalue weighted by Crippen LogP contribution is 2.02. The van der Waals surface area contributed by atoms with Crippen LogP contribution in [0.25, 0.3) is 0 Å². The van der Waals surface area contributed by atoms with Crippen molar-refractivity contribution in [3.8, 4) is 0 Å². The molecule has 0 heterocycles. The van der Waals surface area contributed by atoms with E-state index < -0.39 is 17.4 Å². The van der Waals surface area contributed by atoms with E-state index in [1.54, 1.807) is 13.8 Å². The number of amides is 1. The van der Waals surface area contributed by atoms with Crippen LogP contribution in [0.1, 0.15) is 27.2 Å². The summed E-state index contributed by atoms with van der Waals surface area (Å²) in [6.45, 7) is 5.35. The Balaban J connectivity index is 4.14. The molecule has 0 aromatic heterocycles. The van der Waals surface area contributed by atoms with Crippen molar-refractivity contribution in [2.45, 2.75) is 33.3 Å². The van der Waals surface area contributed by atoms with Crippen molar-refractivity contribution in [3.63, 3.8) is 0 Å². The van der Waals surface area contributed by atoms with Crippen LogP contribution in [-0.2, 0) is 16.0 Å². The summed E-state index contributed by atoms with van der Waals surface area (Å²) in [5.74, 6) is 0. The molecule has 0 rings (SSSR count). The zero-order valence-electron chi connectivity index (χ0n) is 8.02. The van der Waals surface area contributed by atoms with Crippen molar-refractivity contribution in [2.24, 2.45) is 0 Å². The largest absolute Gasteiger partial charge is 0.446 e. The van der Waals surface area contributed by atoms with Crippen molar-refractivity contribution in [1.82, 2.24) is 4.31 Å². The number of hydrogen-bond donors (Lipinski definition) is 1. The number of carbonyl (C=O) groups excluding carboxylic acids is 1. The second kappa shape index (κ2) is 5.93. The molecule has 1 N–H and O–H groups in total. The van der Waals surface area contributed by atoms with Gasteiger partial charge in [0, 0.05) is 6.54 Å². The maximum Gasteiger partial charge on any atom is 0.423 e. The van der Waals surface area contributed by atoms with E-state index >= 15 is 0 Å². The molecule has 0 aliphatic heterocycles. The molecule has 0 saturated carbocycles. The fraction of sp³-hybridized carbons (Fsp3) is 0.857. The molecule has 0 aromatic carbocycles. The minimum Gasteiger partial charge on any atom is -0.446 e. The quantitative estimate of drug-likeness (QED) is 0.710. The fourth-order valence-electron chi connectivity index (χ4n) is 0.618. The molecule has 0 saturated heterocycles. The van der Waals surface area contributed by atoms with Crippen molar-refractivity contribution >= 4 is 17.4 Å². The molecule has 2 atom stereocenters. The third-order valence-electron chi connectivity index (χ3n) is 1.56.